The van der Waals surface area contributed by atoms with Crippen LogP contribution in [0.1, 0.15) is 16.5 Å². The normalized spacial score (nSPS) is 19.9. The van der Waals surface area contributed by atoms with Crippen LogP contribution in [0.4, 0.5) is 5.69 Å². The quantitative estimate of drug-likeness (QED) is 0.690. The van der Waals surface area contributed by atoms with Gasteiger partial charge in [-0.05, 0) is 29.3 Å². The number of rotatable bonds is 0. The van der Waals surface area contributed by atoms with Crippen LogP contribution in [0.15, 0.2) is 47.4 Å². The van der Waals surface area contributed by atoms with E-state index < -0.39 is 15.4 Å². The summed E-state index contributed by atoms with van der Waals surface area (Å²) in [4.78, 5) is 0.156. The van der Waals surface area contributed by atoms with Crippen molar-refractivity contribution in [1.82, 2.24) is 0 Å². The van der Waals surface area contributed by atoms with Crippen molar-refractivity contribution in [3.8, 4) is 0 Å². The molecule has 1 atom stereocenters. The van der Waals surface area contributed by atoms with E-state index in [1.165, 1.54) is 17.4 Å². The molecular formula is C14H11Cl2NO2S. The van der Waals surface area contributed by atoms with Gasteiger partial charge in [0.1, 0.15) is 0 Å². The molecule has 2 aromatic rings. The standard InChI is InChI=1S/C14H11Cl2NO2S/c1-17-12-5-3-2-4-10(12)14(16)11-7-6-9(15)8-13(11)20(17,18)19/h2-8,14H,1H3/t14-/m1/s1. The molecule has 2 aromatic carbocycles. The van der Waals surface area contributed by atoms with E-state index in [1.54, 1.807) is 24.3 Å². The SMILES string of the molecule is CN1c2ccccc2[C@@H](Cl)c2ccc(Cl)cc2S1(=O)=O. The molecule has 104 valence electrons. The number of hydrogen-bond donors (Lipinski definition) is 0. The molecule has 0 unspecified atom stereocenters. The number of benzene rings is 2. The van der Waals surface area contributed by atoms with Gasteiger partial charge in [0.05, 0.1) is 16.0 Å². The average Bonchev–Trinajstić information content (AvgIpc) is 2.50. The van der Waals surface area contributed by atoms with Gasteiger partial charge in [0.15, 0.2) is 0 Å². The van der Waals surface area contributed by atoms with E-state index in [0.717, 1.165) is 5.56 Å². The smallest absolute Gasteiger partial charge is 0.264 e. The van der Waals surface area contributed by atoms with Crippen LogP contribution in [0.2, 0.25) is 5.02 Å². The molecule has 0 saturated heterocycles. The van der Waals surface area contributed by atoms with Gasteiger partial charge in [-0.2, -0.15) is 0 Å². The Balaban J connectivity index is 2.41. The first kappa shape index (κ1) is 13.7. The fourth-order valence-electron chi connectivity index (χ4n) is 2.37. The van der Waals surface area contributed by atoms with Gasteiger partial charge in [0.2, 0.25) is 0 Å². The number of fused-ring (bicyclic) bond motifs is 2. The minimum atomic E-state index is -3.66. The second-order valence-electron chi connectivity index (χ2n) is 4.58. The number of alkyl halides is 1. The summed E-state index contributed by atoms with van der Waals surface area (Å²) in [5.74, 6) is 0. The Morgan fingerprint density at radius 1 is 1.10 bits per heavy atom. The molecule has 3 nitrogen and oxygen atoms in total. The van der Waals surface area contributed by atoms with Crippen LogP contribution in [0, 0.1) is 0 Å². The average molecular weight is 328 g/mol. The molecule has 0 amide bonds. The van der Waals surface area contributed by atoms with Crippen LogP contribution < -0.4 is 4.31 Å². The van der Waals surface area contributed by atoms with Gasteiger partial charge in [-0.3, -0.25) is 4.31 Å². The van der Waals surface area contributed by atoms with E-state index in [2.05, 4.69) is 0 Å². The number of anilines is 1. The van der Waals surface area contributed by atoms with Crippen LogP contribution in [-0.4, -0.2) is 15.5 Å². The van der Waals surface area contributed by atoms with Crippen LogP contribution >= 0.6 is 23.2 Å². The Morgan fingerprint density at radius 3 is 2.55 bits per heavy atom. The molecule has 20 heavy (non-hydrogen) atoms. The topological polar surface area (TPSA) is 37.4 Å². The molecule has 0 aromatic heterocycles. The Hall–Kier alpha value is -1.23. The van der Waals surface area contributed by atoms with Gasteiger partial charge < -0.3 is 0 Å². The summed E-state index contributed by atoms with van der Waals surface area (Å²) >= 11 is 12.4. The Kier molecular flexibility index (Phi) is 3.20. The van der Waals surface area contributed by atoms with E-state index in [1.807, 2.05) is 12.1 Å². The zero-order chi connectivity index (χ0) is 14.5. The monoisotopic (exact) mass is 327 g/mol. The Labute approximate surface area is 127 Å². The Morgan fingerprint density at radius 2 is 1.80 bits per heavy atom. The predicted octanol–water partition coefficient (Wildman–Crippen LogP) is 3.81. The Bertz CT molecular complexity index is 790. The van der Waals surface area contributed by atoms with Crippen LogP contribution in [-0.2, 0) is 10.0 Å². The highest BCUT2D eigenvalue weighted by molar-refractivity contribution is 7.92. The third kappa shape index (κ3) is 1.91. The van der Waals surface area contributed by atoms with E-state index in [0.29, 0.717) is 16.3 Å². The highest BCUT2D eigenvalue weighted by atomic mass is 35.5. The molecule has 1 aliphatic rings. The summed E-state index contributed by atoms with van der Waals surface area (Å²) in [5, 5.41) is -0.159. The number of sulfonamides is 1. The van der Waals surface area contributed by atoms with E-state index in [9.17, 15) is 8.42 Å². The van der Waals surface area contributed by atoms with Crippen molar-refractivity contribution in [1.29, 1.82) is 0 Å². The highest BCUT2D eigenvalue weighted by Gasteiger charge is 2.34. The molecule has 0 fully saturated rings. The van der Waals surface area contributed by atoms with Crippen molar-refractivity contribution in [3.05, 3.63) is 58.6 Å². The van der Waals surface area contributed by atoms with Crippen LogP contribution in [0.25, 0.3) is 0 Å². The van der Waals surface area contributed by atoms with Gasteiger partial charge in [0.25, 0.3) is 10.0 Å². The predicted molar refractivity (Wildman–Crippen MR) is 81.2 cm³/mol. The maximum atomic E-state index is 12.7. The second-order valence-corrected chi connectivity index (χ2v) is 7.39. The number of para-hydroxylation sites is 1. The first-order valence-electron chi connectivity index (χ1n) is 5.94. The lowest BCUT2D eigenvalue weighted by molar-refractivity contribution is 0.594. The first-order valence-corrected chi connectivity index (χ1v) is 8.20. The number of hydrogen-bond acceptors (Lipinski definition) is 2. The zero-order valence-corrected chi connectivity index (χ0v) is 12.9. The number of nitrogens with zero attached hydrogens (tertiary/aromatic N) is 1. The minimum absolute atomic E-state index is 0.156. The van der Waals surface area contributed by atoms with Gasteiger partial charge in [-0.25, -0.2) is 8.42 Å². The molecule has 0 aliphatic carbocycles. The molecule has 0 bridgehead atoms. The molecule has 6 heteroatoms. The van der Waals surface area contributed by atoms with Crippen LogP contribution in [0.3, 0.4) is 0 Å². The third-order valence-electron chi connectivity index (χ3n) is 3.44. The molecule has 3 rings (SSSR count). The molecule has 1 heterocycles. The molecule has 0 spiro atoms. The van der Waals surface area contributed by atoms with Gasteiger partial charge in [0, 0.05) is 12.1 Å². The summed E-state index contributed by atoms with van der Waals surface area (Å²) in [7, 11) is -2.14. The summed E-state index contributed by atoms with van der Waals surface area (Å²) < 4.78 is 26.6. The molecule has 0 N–H and O–H groups in total. The van der Waals surface area contributed by atoms with E-state index in [4.69, 9.17) is 23.2 Å². The van der Waals surface area contributed by atoms with Gasteiger partial charge >= 0.3 is 0 Å². The maximum absolute atomic E-state index is 12.7. The summed E-state index contributed by atoms with van der Waals surface area (Å²) in [6.07, 6.45) is 0. The fourth-order valence-corrected chi connectivity index (χ4v) is 4.53. The summed E-state index contributed by atoms with van der Waals surface area (Å²) in [5.41, 5.74) is 1.90. The lowest BCUT2D eigenvalue weighted by Crippen LogP contribution is -2.26. The van der Waals surface area contributed by atoms with Gasteiger partial charge in [-0.15, -0.1) is 11.6 Å². The fraction of sp³-hybridized carbons (Fsp3) is 0.143. The van der Waals surface area contributed by atoms with Crippen molar-refractivity contribution in [2.24, 2.45) is 0 Å². The van der Waals surface area contributed by atoms with Crippen molar-refractivity contribution in [2.75, 3.05) is 11.4 Å². The lowest BCUT2D eigenvalue weighted by atomic mass is 10.0. The first-order chi connectivity index (χ1) is 9.43. The molecule has 0 radical (unpaired) electrons. The lowest BCUT2D eigenvalue weighted by Gasteiger charge is -2.19. The highest BCUT2D eigenvalue weighted by Crippen LogP contribution is 2.43. The van der Waals surface area contributed by atoms with Crippen molar-refractivity contribution >= 4 is 38.9 Å². The largest absolute Gasteiger partial charge is 0.269 e. The van der Waals surface area contributed by atoms with Gasteiger partial charge in [-0.1, -0.05) is 35.9 Å². The second kappa shape index (κ2) is 4.65. The van der Waals surface area contributed by atoms with E-state index in [-0.39, 0.29) is 4.90 Å². The number of halogens is 2. The zero-order valence-electron chi connectivity index (χ0n) is 10.5. The molecule has 0 saturated carbocycles. The summed E-state index contributed by atoms with van der Waals surface area (Å²) in [6, 6.07) is 12.0. The summed E-state index contributed by atoms with van der Waals surface area (Å²) in [6.45, 7) is 0. The van der Waals surface area contributed by atoms with Crippen molar-refractivity contribution < 1.29 is 8.42 Å². The van der Waals surface area contributed by atoms with E-state index >= 15 is 0 Å². The molecule has 1 aliphatic heterocycles. The molecular weight excluding hydrogens is 317 g/mol. The minimum Gasteiger partial charge on any atom is -0.269 e. The van der Waals surface area contributed by atoms with Crippen LogP contribution in [0.5, 0.6) is 0 Å². The van der Waals surface area contributed by atoms with Crippen molar-refractivity contribution in [3.63, 3.8) is 0 Å². The maximum Gasteiger partial charge on any atom is 0.264 e. The van der Waals surface area contributed by atoms with Crippen molar-refractivity contribution in [2.45, 2.75) is 10.3 Å². The third-order valence-corrected chi connectivity index (χ3v) is 5.97.